The van der Waals surface area contributed by atoms with E-state index in [1.165, 1.54) is 41.3 Å². The maximum Gasteiger partial charge on any atom is 0.335 e. The third kappa shape index (κ3) is 3.89. The molecule has 0 radical (unpaired) electrons. The summed E-state index contributed by atoms with van der Waals surface area (Å²) in [6.45, 7) is 3.68. The number of carbonyl (C=O) groups is 3. The van der Waals surface area contributed by atoms with Crippen molar-refractivity contribution in [3.63, 3.8) is 0 Å². The highest BCUT2D eigenvalue weighted by atomic mass is 19.1. The van der Waals surface area contributed by atoms with Gasteiger partial charge in [-0.1, -0.05) is 29.8 Å². The van der Waals surface area contributed by atoms with Gasteiger partial charge in [0.05, 0.1) is 17.2 Å². The third-order valence-corrected chi connectivity index (χ3v) is 5.66. The van der Waals surface area contributed by atoms with Crippen molar-refractivity contribution in [3.8, 4) is 0 Å². The predicted molar refractivity (Wildman–Crippen MR) is 121 cm³/mol. The number of aliphatic hydroxyl groups excluding tert-OH is 1. The van der Waals surface area contributed by atoms with Crippen LogP contribution in [0.25, 0.3) is 5.76 Å². The monoisotopic (exact) mass is 445 g/mol. The molecule has 33 heavy (non-hydrogen) atoms. The predicted octanol–water partition coefficient (Wildman–Crippen LogP) is 4.77. The van der Waals surface area contributed by atoms with Crippen LogP contribution in [0, 0.1) is 19.7 Å². The zero-order valence-corrected chi connectivity index (χ0v) is 17.9. The van der Waals surface area contributed by atoms with E-state index >= 15 is 0 Å². The van der Waals surface area contributed by atoms with E-state index in [0.717, 1.165) is 23.3 Å². The molecule has 2 N–H and O–H groups in total. The maximum absolute atomic E-state index is 13.4. The van der Waals surface area contributed by atoms with Gasteiger partial charge in [-0.2, -0.15) is 0 Å². The number of anilines is 1. The fourth-order valence-electron chi connectivity index (χ4n) is 4.00. The molecule has 3 aromatic carbocycles. The van der Waals surface area contributed by atoms with Crippen LogP contribution in [-0.2, 0) is 9.59 Å². The molecule has 1 heterocycles. The minimum atomic E-state index is -1.18. The Balaban J connectivity index is 2.00. The summed E-state index contributed by atoms with van der Waals surface area (Å²) in [5, 5.41) is 20.5. The number of ketones is 1. The summed E-state index contributed by atoms with van der Waals surface area (Å²) in [5.41, 5.74) is 2.46. The number of aryl methyl sites for hydroxylation is 2. The van der Waals surface area contributed by atoms with Gasteiger partial charge in [0.1, 0.15) is 11.6 Å². The van der Waals surface area contributed by atoms with Gasteiger partial charge in [-0.25, -0.2) is 9.18 Å². The van der Waals surface area contributed by atoms with E-state index in [1.54, 1.807) is 0 Å². The highest BCUT2D eigenvalue weighted by molar-refractivity contribution is 6.51. The summed E-state index contributed by atoms with van der Waals surface area (Å²) >= 11 is 0. The molecule has 1 atom stereocenters. The number of carboxylic acid groups (broad SMARTS) is 1. The molecule has 0 aliphatic carbocycles. The summed E-state index contributed by atoms with van der Waals surface area (Å²) in [4.78, 5) is 39.1. The number of hydrogen-bond donors (Lipinski definition) is 2. The van der Waals surface area contributed by atoms with Crippen LogP contribution in [0.4, 0.5) is 10.1 Å². The minimum Gasteiger partial charge on any atom is -0.507 e. The van der Waals surface area contributed by atoms with Gasteiger partial charge in [0, 0.05) is 11.3 Å². The van der Waals surface area contributed by atoms with Gasteiger partial charge < -0.3 is 10.2 Å². The Hall–Kier alpha value is -4.26. The molecule has 6 nitrogen and oxygen atoms in total. The molecule has 0 saturated carbocycles. The van der Waals surface area contributed by atoms with Crippen molar-refractivity contribution >= 4 is 29.1 Å². The normalized spacial score (nSPS) is 17.4. The van der Waals surface area contributed by atoms with Crippen molar-refractivity contribution < 1.29 is 29.0 Å². The van der Waals surface area contributed by atoms with Gasteiger partial charge in [-0.15, -0.1) is 0 Å². The molecule has 1 aliphatic rings. The Bertz CT molecular complexity index is 1330. The van der Waals surface area contributed by atoms with E-state index in [4.69, 9.17) is 0 Å². The van der Waals surface area contributed by atoms with Crippen molar-refractivity contribution in [1.82, 2.24) is 0 Å². The lowest BCUT2D eigenvalue weighted by Gasteiger charge is -2.27. The number of hydrogen-bond acceptors (Lipinski definition) is 4. The molecular weight excluding hydrogens is 425 g/mol. The molecule has 1 amide bonds. The number of aliphatic hydroxyl groups is 1. The minimum absolute atomic E-state index is 0.0485. The van der Waals surface area contributed by atoms with Crippen LogP contribution in [0.15, 0.2) is 72.3 Å². The van der Waals surface area contributed by atoms with Crippen molar-refractivity contribution in [2.45, 2.75) is 19.9 Å². The van der Waals surface area contributed by atoms with E-state index in [0.29, 0.717) is 5.56 Å². The Morgan fingerprint density at radius 1 is 0.909 bits per heavy atom. The first-order valence-corrected chi connectivity index (χ1v) is 10.2. The quantitative estimate of drug-likeness (QED) is 0.343. The van der Waals surface area contributed by atoms with Gasteiger partial charge >= 0.3 is 5.97 Å². The summed E-state index contributed by atoms with van der Waals surface area (Å²) in [6, 6.07) is 15.2. The van der Waals surface area contributed by atoms with Crippen LogP contribution in [0.5, 0.6) is 0 Å². The van der Waals surface area contributed by atoms with Crippen LogP contribution in [-0.4, -0.2) is 27.9 Å². The summed E-state index contributed by atoms with van der Waals surface area (Å²) in [5.74, 6) is -3.93. The molecule has 3 aromatic rings. The van der Waals surface area contributed by atoms with E-state index < -0.39 is 35.3 Å². The summed E-state index contributed by atoms with van der Waals surface area (Å²) in [6.07, 6.45) is 0. The van der Waals surface area contributed by atoms with Crippen LogP contribution >= 0.6 is 0 Å². The Kier molecular flexibility index (Phi) is 5.55. The number of rotatable bonds is 4. The number of benzene rings is 3. The molecule has 0 bridgehead atoms. The van der Waals surface area contributed by atoms with Crippen molar-refractivity contribution in [2.75, 3.05) is 4.90 Å². The number of aromatic carboxylic acids is 1. The molecule has 7 heteroatoms. The highest BCUT2D eigenvalue weighted by Gasteiger charge is 2.47. The standard InChI is InChI=1S/C26H20FNO5/c1-14-6-7-15(2)20(12-14)22-21(23(29)16-8-10-18(27)11-9-16)24(30)25(31)28(22)19-5-3-4-17(13-19)26(32)33/h3-13,22,29H,1-2H3,(H,32,33)/b23-21+. The molecule has 1 saturated heterocycles. The average molecular weight is 445 g/mol. The van der Waals surface area contributed by atoms with Gasteiger partial charge in [0.25, 0.3) is 11.7 Å². The van der Waals surface area contributed by atoms with Gasteiger partial charge in [0.15, 0.2) is 0 Å². The second-order valence-electron chi connectivity index (χ2n) is 7.89. The van der Waals surface area contributed by atoms with Gasteiger partial charge in [-0.05, 0) is 67.4 Å². The van der Waals surface area contributed by atoms with Crippen LogP contribution < -0.4 is 4.90 Å². The molecule has 1 fully saturated rings. The first kappa shape index (κ1) is 22.0. The lowest BCUT2D eigenvalue weighted by atomic mass is 9.91. The van der Waals surface area contributed by atoms with Crippen molar-refractivity contribution in [1.29, 1.82) is 0 Å². The number of nitrogens with zero attached hydrogens (tertiary/aromatic N) is 1. The molecule has 4 rings (SSSR count). The largest absolute Gasteiger partial charge is 0.507 e. The highest BCUT2D eigenvalue weighted by Crippen LogP contribution is 2.43. The number of carboxylic acids is 1. The fraction of sp³-hybridized carbons (Fsp3) is 0.115. The molecule has 166 valence electrons. The summed E-state index contributed by atoms with van der Waals surface area (Å²) < 4.78 is 13.4. The SMILES string of the molecule is Cc1ccc(C)c(C2/C(=C(\O)c3ccc(F)cc3)C(=O)C(=O)N2c2cccc(C(=O)O)c2)c1. The lowest BCUT2D eigenvalue weighted by Crippen LogP contribution is -2.30. The molecule has 1 unspecified atom stereocenters. The number of Topliss-reactive ketones (excluding diaryl/α,β-unsaturated/α-hetero) is 1. The molecular formula is C26H20FNO5. The second kappa shape index (κ2) is 8.35. The van der Waals surface area contributed by atoms with Crippen molar-refractivity contribution in [2.24, 2.45) is 0 Å². The number of carbonyl (C=O) groups excluding carboxylic acids is 2. The first-order chi connectivity index (χ1) is 15.7. The Labute approximate surface area is 189 Å². The summed E-state index contributed by atoms with van der Waals surface area (Å²) in [7, 11) is 0. The lowest BCUT2D eigenvalue weighted by molar-refractivity contribution is -0.132. The van der Waals surface area contributed by atoms with Crippen molar-refractivity contribution in [3.05, 3.63) is 106 Å². The first-order valence-electron chi connectivity index (χ1n) is 10.2. The van der Waals surface area contributed by atoms with Crippen LogP contribution in [0.3, 0.4) is 0 Å². The molecule has 1 aliphatic heterocycles. The average Bonchev–Trinajstić information content (AvgIpc) is 3.06. The van der Waals surface area contributed by atoms with E-state index in [-0.39, 0.29) is 22.4 Å². The molecule has 0 spiro atoms. The third-order valence-electron chi connectivity index (χ3n) is 5.66. The topological polar surface area (TPSA) is 94.9 Å². The van der Waals surface area contributed by atoms with Gasteiger partial charge in [-0.3, -0.25) is 14.5 Å². The Morgan fingerprint density at radius 2 is 1.61 bits per heavy atom. The Morgan fingerprint density at radius 3 is 2.27 bits per heavy atom. The van der Waals surface area contributed by atoms with Crippen LogP contribution in [0.1, 0.15) is 38.7 Å². The number of halogens is 1. The maximum atomic E-state index is 13.4. The van der Waals surface area contributed by atoms with E-state index in [2.05, 4.69) is 0 Å². The number of amides is 1. The van der Waals surface area contributed by atoms with E-state index in [9.17, 15) is 29.0 Å². The van der Waals surface area contributed by atoms with E-state index in [1.807, 2.05) is 32.0 Å². The van der Waals surface area contributed by atoms with Crippen LogP contribution in [0.2, 0.25) is 0 Å². The smallest absolute Gasteiger partial charge is 0.335 e. The zero-order chi connectivity index (χ0) is 23.9. The fourth-order valence-corrected chi connectivity index (χ4v) is 4.00. The van der Waals surface area contributed by atoms with Gasteiger partial charge in [0.2, 0.25) is 0 Å². The zero-order valence-electron chi connectivity index (χ0n) is 17.9. The molecule has 0 aromatic heterocycles. The second-order valence-corrected chi connectivity index (χ2v) is 7.89.